The van der Waals surface area contributed by atoms with Crippen LogP contribution >= 0.6 is 0 Å². The summed E-state index contributed by atoms with van der Waals surface area (Å²) >= 11 is 0. The van der Waals surface area contributed by atoms with Crippen LogP contribution in [0.25, 0.3) is 0 Å². The molecule has 1 saturated heterocycles. The second-order valence-electron chi connectivity index (χ2n) is 8.00. The summed E-state index contributed by atoms with van der Waals surface area (Å²) in [5.74, 6) is 0.0478. The minimum absolute atomic E-state index is 0.0600. The van der Waals surface area contributed by atoms with E-state index in [-0.39, 0.29) is 12.4 Å². The lowest BCUT2D eigenvalue weighted by Gasteiger charge is -2.34. The highest BCUT2D eigenvalue weighted by Crippen LogP contribution is 2.33. The van der Waals surface area contributed by atoms with Crippen LogP contribution in [0.2, 0.25) is 0 Å². The van der Waals surface area contributed by atoms with Crippen molar-refractivity contribution in [1.29, 1.82) is 0 Å². The summed E-state index contributed by atoms with van der Waals surface area (Å²) in [5, 5.41) is 11.3. The molecule has 0 spiro atoms. The van der Waals surface area contributed by atoms with Crippen LogP contribution in [0.1, 0.15) is 37.8 Å². The Balaban J connectivity index is 1.79. The van der Waals surface area contributed by atoms with Crippen LogP contribution in [0.15, 0.2) is 60.7 Å². The molecule has 2 aromatic carbocycles. The van der Waals surface area contributed by atoms with Crippen molar-refractivity contribution in [1.82, 2.24) is 4.90 Å². The fraction of sp³-hybridized carbons (Fsp3) is 0.435. The Kier molecular flexibility index (Phi) is 6.30. The van der Waals surface area contributed by atoms with Crippen LogP contribution in [0.3, 0.4) is 0 Å². The van der Waals surface area contributed by atoms with Gasteiger partial charge >= 0.3 is 5.97 Å². The number of esters is 1. The van der Waals surface area contributed by atoms with Gasteiger partial charge in [-0.2, -0.15) is 0 Å². The van der Waals surface area contributed by atoms with Gasteiger partial charge in [-0.25, -0.2) is 0 Å². The number of aliphatic hydroxyl groups is 1. The van der Waals surface area contributed by atoms with Gasteiger partial charge in [-0.05, 0) is 23.5 Å². The number of carbonyl (C=O) groups excluding carboxylic acids is 1. The Morgan fingerprint density at radius 1 is 1.04 bits per heavy atom. The molecule has 0 bridgehead atoms. The van der Waals surface area contributed by atoms with E-state index in [4.69, 9.17) is 4.74 Å². The molecule has 0 aliphatic carbocycles. The summed E-state index contributed by atoms with van der Waals surface area (Å²) in [7, 11) is 0. The van der Waals surface area contributed by atoms with Crippen LogP contribution in [0, 0.1) is 5.92 Å². The van der Waals surface area contributed by atoms with Gasteiger partial charge in [0.2, 0.25) is 0 Å². The molecule has 0 saturated carbocycles. The smallest absolute Gasteiger partial charge is 0.309 e. The van der Waals surface area contributed by atoms with Crippen molar-refractivity contribution in [3.8, 4) is 0 Å². The SMILES string of the molecule is CC(C)C[C@H]1OC(=O)C[C@]1(O)CN(Cc1ccccc1)Cc1ccccc1. The van der Waals surface area contributed by atoms with Gasteiger partial charge in [-0.1, -0.05) is 74.5 Å². The van der Waals surface area contributed by atoms with Crippen molar-refractivity contribution < 1.29 is 14.6 Å². The molecule has 1 fully saturated rings. The predicted molar refractivity (Wildman–Crippen MR) is 106 cm³/mol. The summed E-state index contributed by atoms with van der Waals surface area (Å²) < 4.78 is 5.47. The summed E-state index contributed by atoms with van der Waals surface area (Å²) in [5.41, 5.74) is 1.22. The third kappa shape index (κ3) is 5.41. The van der Waals surface area contributed by atoms with Gasteiger partial charge in [0.15, 0.2) is 0 Å². The Morgan fingerprint density at radius 3 is 2.04 bits per heavy atom. The fourth-order valence-corrected chi connectivity index (χ4v) is 3.77. The molecule has 2 atom stereocenters. The zero-order valence-corrected chi connectivity index (χ0v) is 16.2. The largest absolute Gasteiger partial charge is 0.459 e. The van der Waals surface area contributed by atoms with E-state index in [1.807, 2.05) is 36.4 Å². The molecule has 4 heteroatoms. The third-order valence-corrected chi connectivity index (χ3v) is 5.00. The average molecular weight is 367 g/mol. The Bertz CT molecular complexity index is 690. The first-order valence-electron chi connectivity index (χ1n) is 9.67. The molecule has 27 heavy (non-hydrogen) atoms. The molecule has 0 unspecified atom stereocenters. The van der Waals surface area contributed by atoms with Crippen molar-refractivity contribution in [3.05, 3.63) is 71.8 Å². The standard InChI is InChI=1S/C23H29NO3/c1-18(2)13-21-23(26,14-22(25)27-21)17-24(15-19-9-5-3-6-10-19)16-20-11-7-4-8-12-20/h3-12,18,21,26H,13-17H2,1-2H3/t21-,23+/m1/s1. The highest BCUT2D eigenvalue weighted by atomic mass is 16.6. The van der Waals surface area contributed by atoms with Crippen molar-refractivity contribution >= 4 is 5.97 Å². The molecule has 1 aliphatic rings. The van der Waals surface area contributed by atoms with E-state index < -0.39 is 11.7 Å². The van der Waals surface area contributed by atoms with Crippen LogP contribution < -0.4 is 0 Å². The number of rotatable bonds is 8. The topological polar surface area (TPSA) is 49.8 Å². The zero-order valence-electron chi connectivity index (χ0n) is 16.2. The number of hydrogen-bond donors (Lipinski definition) is 1. The Hall–Kier alpha value is -2.17. The molecule has 4 nitrogen and oxygen atoms in total. The Morgan fingerprint density at radius 2 is 1.56 bits per heavy atom. The van der Waals surface area contributed by atoms with Crippen LogP contribution in [0.5, 0.6) is 0 Å². The van der Waals surface area contributed by atoms with E-state index in [2.05, 4.69) is 43.0 Å². The van der Waals surface area contributed by atoms with Crippen molar-refractivity contribution in [2.45, 2.75) is 51.5 Å². The first-order valence-corrected chi connectivity index (χ1v) is 9.67. The van der Waals surface area contributed by atoms with Crippen LogP contribution in [-0.4, -0.2) is 34.2 Å². The van der Waals surface area contributed by atoms with Gasteiger partial charge in [0, 0.05) is 19.6 Å². The van der Waals surface area contributed by atoms with Gasteiger partial charge in [0.1, 0.15) is 11.7 Å². The number of carbonyl (C=O) groups is 1. The van der Waals surface area contributed by atoms with E-state index in [1.54, 1.807) is 0 Å². The molecule has 1 aliphatic heterocycles. The molecule has 0 aromatic heterocycles. The molecule has 2 aromatic rings. The summed E-state index contributed by atoms with van der Waals surface area (Å²) in [6.07, 6.45) is 0.288. The molecule has 1 heterocycles. The van der Waals surface area contributed by atoms with E-state index in [0.717, 1.165) is 0 Å². The van der Waals surface area contributed by atoms with E-state index in [0.29, 0.717) is 32.0 Å². The predicted octanol–water partition coefficient (Wildman–Crippen LogP) is 3.78. The maximum absolute atomic E-state index is 11.9. The van der Waals surface area contributed by atoms with Crippen LogP contribution in [-0.2, 0) is 22.6 Å². The minimum Gasteiger partial charge on any atom is -0.459 e. The molecule has 0 radical (unpaired) electrons. The minimum atomic E-state index is -1.15. The number of ether oxygens (including phenoxy) is 1. The lowest BCUT2D eigenvalue weighted by molar-refractivity contribution is -0.143. The van der Waals surface area contributed by atoms with Gasteiger partial charge in [-0.3, -0.25) is 9.69 Å². The van der Waals surface area contributed by atoms with Gasteiger partial charge in [-0.15, -0.1) is 0 Å². The van der Waals surface area contributed by atoms with Gasteiger partial charge in [0.25, 0.3) is 0 Å². The molecule has 0 amide bonds. The van der Waals surface area contributed by atoms with Gasteiger partial charge < -0.3 is 9.84 Å². The van der Waals surface area contributed by atoms with Crippen LogP contribution in [0.4, 0.5) is 0 Å². The number of hydrogen-bond acceptors (Lipinski definition) is 4. The number of nitrogens with zero attached hydrogens (tertiary/aromatic N) is 1. The molecule has 1 N–H and O–H groups in total. The summed E-state index contributed by atoms with van der Waals surface area (Å²) in [6.45, 7) is 5.98. The lowest BCUT2D eigenvalue weighted by Crippen LogP contribution is -2.48. The quantitative estimate of drug-likeness (QED) is 0.722. The molecular weight excluding hydrogens is 338 g/mol. The number of cyclic esters (lactones) is 1. The van der Waals surface area contributed by atoms with Gasteiger partial charge in [0.05, 0.1) is 6.42 Å². The van der Waals surface area contributed by atoms with Crippen molar-refractivity contribution in [2.75, 3.05) is 6.54 Å². The maximum Gasteiger partial charge on any atom is 0.309 e. The average Bonchev–Trinajstić information content (AvgIpc) is 2.89. The monoisotopic (exact) mass is 367 g/mol. The van der Waals surface area contributed by atoms with E-state index in [1.165, 1.54) is 11.1 Å². The zero-order chi connectivity index (χ0) is 19.3. The fourth-order valence-electron chi connectivity index (χ4n) is 3.77. The normalized spacial score (nSPS) is 22.4. The van der Waals surface area contributed by atoms with E-state index >= 15 is 0 Å². The van der Waals surface area contributed by atoms with Crippen molar-refractivity contribution in [3.63, 3.8) is 0 Å². The first kappa shape index (κ1) is 19.6. The lowest BCUT2D eigenvalue weighted by atomic mass is 9.89. The molecular formula is C23H29NO3. The number of benzene rings is 2. The summed E-state index contributed by atoms with van der Waals surface area (Å²) in [4.78, 5) is 14.2. The summed E-state index contributed by atoms with van der Waals surface area (Å²) in [6, 6.07) is 20.4. The van der Waals surface area contributed by atoms with Crippen molar-refractivity contribution in [2.24, 2.45) is 5.92 Å². The Labute approximate surface area is 161 Å². The van der Waals surface area contributed by atoms with E-state index in [9.17, 15) is 9.90 Å². The molecule has 3 rings (SSSR count). The third-order valence-electron chi connectivity index (χ3n) is 5.00. The highest BCUT2D eigenvalue weighted by Gasteiger charge is 2.48. The maximum atomic E-state index is 11.9. The molecule has 144 valence electrons. The second kappa shape index (κ2) is 8.68. The first-order chi connectivity index (χ1) is 12.9. The highest BCUT2D eigenvalue weighted by molar-refractivity contribution is 5.73. The second-order valence-corrected chi connectivity index (χ2v) is 8.00.